The molecule has 0 aliphatic rings. The Hall–Kier alpha value is -2.57. The third-order valence-electron chi connectivity index (χ3n) is 4.93. The fourth-order valence-corrected chi connectivity index (χ4v) is 3.69. The predicted molar refractivity (Wildman–Crippen MR) is 104 cm³/mol. The van der Waals surface area contributed by atoms with Gasteiger partial charge in [-0.05, 0) is 85.3 Å². The molecule has 0 aliphatic carbocycles. The lowest BCUT2D eigenvalue weighted by molar-refractivity contribution is -0.144. The van der Waals surface area contributed by atoms with Crippen molar-refractivity contribution in [2.75, 3.05) is 14.2 Å². The van der Waals surface area contributed by atoms with Crippen LogP contribution < -0.4 is 15.2 Å². The lowest BCUT2D eigenvalue weighted by Gasteiger charge is -2.34. The van der Waals surface area contributed by atoms with Crippen molar-refractivity contribution in [2.45, 2.75) is 39.3 Å². The average Bonchev–Trinajstić information content (AvgIpc) is 2.59. The van der Waals surface area contributed by atoms with Gasteiger partial charge in [0.2, 0.25) is 0 Å². The molecular weight excluding hydrogens is 346 g/mol. The molecule has 2 aromatic carbocycles. The fraction of sp³-hybridized carbons (Fsp3) is 0.381. The Bertz CT molecular complexity index is 769. The molecule has 0 bridgehead atoms. The molecular formula is C21H27NO5. The van der Waals surface area contributed by atoms with Crippen LogP contribution in [0.3, 0.4) is 0 Å². The summed E-state index contributed by atoms with van der Waals surface area (Å²) >= 11 is 0. The number of carboxylic acids is 1. The molecule has 0 unspecified atom stereocenters. The van der Waals surface area contributed by atoms with E-state index in [4.69, 9.17) is 15.2 Å². The zero-order valence-corrected chi connectivity index (χ0v) is 16.6. The molecule has 146 valence electrons. The molecule has 0 aromatic heterocycles. The second-order valence-corrected chi connectivity index (χ2v) is 6.87. The van der Waals surface area contributed by atoms with Crippen LogP contribution in [-0.2, 0) is 10.4 Å². The molecule has 0 spiro atoms. The van der Waals surface area contributed by atoms with Gasteiger partial charge in [0.05, 0.1) is 14.2 Å². The molecule has 0 aliphatic heterocycles. The summed E-state index contributed by atoms with van der Waals surface area (Å²) in [5.74, 6) is 0.0777. The van der Waals surface area contributed by atoms with Crippen molar-refractivity contribution in [1.29, 1.82) is 0 Å². The van der Waals surface area contributed by atoms with E-state index in [9.17, 15) is 15.0 Å². The molecule has 4 N–H and O–H groups in total. The molecule has 0 heterocycles. The monoisotopic (exact) mass is 373 g/mol. The number of aliphatic hydroxyl groups is 1. The van der Waals surface area contributed by atoms with Crippen LogP contribution in [0.5, 0.6) is 11.5 Å². The number of methoxy groups -OCH3 is 2. The number of ether oxygens (including phenoxy) is 2. The average molecular weight is 373 g/mol. The number of nitrogens with two attached hydrogens (primary N) is 1. The van der Waals surface area contributed by atoms with Gasteiger partial charge in [0.1, 0.15) is 23.1 Å². The Morgan fingerprint density at radius 1 is 0.889 bits per heavy atom. The van der Waals surface area contributed by atoms with E-state index in [1.807, 2.05) is 27.7 Å². The van der Waals surface area contributed by atoms with Crippen LogP contribution in [0.15, 0.2) is 24.3 Å². The molecule has 0 saturated carbocycles. The lowest BCUT2D eigenvalue weighted by Crippen LogP contribution is -2.51. The van der Waals surface area contributed by atoms with E-state index in [-0.39, 0.29) is 0 Å². The van der Waals surface area contributed by atoms with Gasteiger partial charge in [-0.1, -0.05) is 0 Å². The van der Waals surface area contributed by atoms with Gasteiger partial charge in [-0.15, -0.1) is 0 Å². The van der Waals surface area contributed by atoms with Crippen LogP contribution in [0, 0.1) is 27.7 Å². The topological polar surface area (TPSA) is 102 Å². The molecule has 27 heavy (non-hydrogen) atoms. The van der Waals surface area contributed by atoms with Gasteiger partial charge >= 0.3 is 5.97 Å². The molecule has 1 atom stereocenters. The highest BCUT2D eigenvalue weighted by molar-refractivity contribution is 5.77. The number of benzene rings is 2. The normalized spacial score (nSPS) is 12.6. The maximum absolute atomic E-state index is 11.7. The van der Waals surface area contributed by atoms with Gasteiger partial charge < -0.3 is 25.4 Å². The number of hydrogen-bond acceptors (Lipinski definition) is 5. The molecule has 6 nitrogen and oxygen atoms in total. The first-order valence-electron chi connectivity index (χ1n) is 8.60. The Labute approximate surface area is 159 Å². The maximum Gasteiger partial charge on any atom is 0.324 e. The number of aliphatic carboxylic acids is 1. The van der Waals surface area contributed by atoms with E-state index in [1.54, 1.807) is 38.5 Å². The second kappa shape index (κ2) is 7.58. The molecule has 0 fully saturated rings. The Morgan fingerprint density at radius 3 is 1.41 bits per heavy atom. The van der Waals surface area contributed by atoms with Crippen molar-refractivity contribution in [3.8, 4) is 11.5 Å². The summed E-state index contributed by atoms with van der Waals surface area (Å²) in [7, 11) is 3.14. The zero-order valence-electron chi connectivity index (χ0n) is 16.6. The minimum Gasteiger partial charge on any atom is -0.496 e. The smallest absolute Gasteiger partial charge is 0.324 e. The van der Waals surface area contributed by atoms with Gasteiger partial charge in [-0.25, -0.2) is 0 Å². The first kappa shape index (κ1) is 20.7. The van der Waals surface area contributed by atoms with Crippen LogP contribution in [-0.4, -0.2) is 36.4 Å². The summed E-state index contributed by atoms with van der Waals surface area (Å²) in [4.78, 5) is 11.7. The summed E-state index contributed by atoms with van der Waals surface area (Å²) < 4.78 is 10.8. The predicted octanol–water partition coefficient (Wildman–Crippen LogP) is 2.59. The van der Waals surface area contributed by atoms with Gasteiger partial charge in [0.25, 0.3) is 0 Å². The van der Waals surface area contributed by atoms with Crippen LogP contribution in [0.2, 0.25) is 0 Å². The summed E-state index contributed by atoms with van der Waals surface area (Å²) in [5.41, 5.74) is 8.00. The SMILES string of the molecule is COc1c(C)cc(C(O)(c2cc(C)c(OC)c(C)c2)[C@H](N)C(=O)O)cc1C. The number of rotatable bonds is 6. The van der Waals surface area contributed by atoms with Crippen molar-refractivity contribution >= 4 is 5.97 Å². The first-order valence-corrected chi connectivity index (χ1v) is 8.60. The van der Waals surface area contributed by atoms with E-state index >= 15 is 0 Å². The second-order valence-electron chi connectivity index (χ2n) is 6.87. The van der Waals surface area contributed by atoms with Crippen LogP contribution in [0.25, 0.3) is 0 Å². The highest BCUT2D eigenvalue weighted by Crippen LogP contribution is 2.39. The summed E-state index contributed by atoms with van der Waals surface area (Å²) in [6.07, 6.45) is 0. The van der Waals surface area contributed by atoms with Crippen molar-refractivity contribution in [2.24, 2.45) is 5.73 Å². The minimum absolute atomic E-state index is 0.400. The van der Waals surface area contributed by atoms with Crippen LogP contribution in [0.1, 0.15) is 33.4 Å². The van der Waals surface area contributed by atoms with E-state index in [2.05, 4.69) is 0 Å². The molecule has 0 saturated heterocycles. The summed E-state index contributed by atoms with van der Waals surface area (Å²) in [5, 5.41) is 21.2. The van der Waals surface area contributed by atoms with Crippen LogP contribution in [0.4, 0.5) is 0 Å². The highest BCUT2D eigenvalue weighted by atomic mass is 16.5. The Morgan fingerprint density at radius 2 is 1.19 bits per heavy atom. The first-order chi connectivity index (χ1) is 12.6. The zero-order chi connectivity index (χ0) is 20.5. The molecule has 2 rings (SSSR count). The van der Waals surface area contributed by atoms with E-state index in [0.29, 0.717) is 22.6 Å². The van der Waals surface area contributed by atoms with Gasteiger partial charge in [-0.3, -0.25) is 4.79 Å². The maximum atomic E-state index is 11.7. The van der Waals surface area contributed by atoms with E-state index in [0.717, 1.165) is 22.3 Å². The Balaban J connectivity index is 2.81. The van der Waals surface area contributed by atoms with E-state index in [1.165, 1.54) is 0 Å². The van der Waals surface area contributed by atoms with Crippen molar-refractivity contribution in [3.05, 3.63) is 57.6 Å². The third-order valence-corrected chi connectivity index (χ3v) is 4.93. The molecule has 2 aromatic rings. The minimum atomic E-state index is -1.92. The standard InChI is InChI=1S/C21H27NO5/c1-11-7-15(8-12(2)17(11)26-5)21(25,19(22)20(23)24)16-9-13(3)18(27-6)14(4)10-16/h7-10,19,25H,22H2,1-6H3,(H,23,24)/t19-/m1/s1. The quantitative estimate of drug-likeness (QED) is 0.719. The summed E-state index contributed by atoms with van der Waals surface area (Å²) in [6, 6.07) is 5.29. The third kappa shape index (κ3) is 3.50. The largest absolute Gasteiger partial charge is 0.496 e. The number of hydrogen-bond donors (Lipinski definition) is 3. The number of carboxylic acid groups (broad SMARTS) is 1. The van der Waals surface area contributed by atoms with Crippen molar-refractivity contribution < 1.29 is 24.5 Å². The van der Waals surface area contributed by atoms with E-state index < -0.39 is 17.6 Å². The lowest BCUT2D eigenvalue weighted by atomic mass is 9.78. The number of carbonyl (C=O) groups is 1. The molecule has 0 amide bonds. The fourth-order valence-electron chi connectivity index (χ4n) is 3.69. The van der Waals surface area contributed by atoms with Crippen molar-refractivity contribution in [3.63, 3.8) is 0 Å². The number of aryl methyl sites for hydroxylation is 4. The molecule has 6 heteroatoms. The van der Waals surface area contributed by atoms with Gasteiger partial charge in [0.15, 0.2) is 0 Å². The highest BCUT2D eigenvalue weighted by Gasteiger charge is 2.43. The molecule has 0 radical (unpaired) electrons. The van der Waals surface area contributed by atoms with Gasteiger partial charge in [-0.2, -0.15) is 0 Å². The van der Waals surface area contributed by atoms with Crippen LogP contribution >= 0.6 is 0 Å². The van der Waals surface area contributed by atoms with Gasteiger partial charge in [0, 0.05) is 0 Å². The van der Waals surface area contributed by atoms with Crippen molar-refractivity contribution in [1.82, 2.24) is 0 Å². The Kier molecular flexibility index (Phi) is 5.82. The summed E-state index contributed by atoms with van der Waals surface area (Å²) in [6.45, 7) is 7.36.